The number of carbonyl (C=O) groups excluding carboxylic acids is 1. The van der Waals surface area contributed by atoms with Crippen LogP contribution in [0.5, 0.6) is 11.5 Å². The van der Waals surface area contributed by atoms with Gasteiger partial charge in [-0.15, -0.1) is 0 Å². The zero-order valence-electron chi connectivity index (χ0n) is 20.3. The fraction of sp³-hybridized carbons (Fsp3) is 0.357. The van der Waals surface area contributed by atoms with Gasteiger partial charge in [-0.25, -0.2) is 0 Å². The molecule has 0 radical (unpaired) electrons. The molecule has 2 aliphatic rings. The smallest absolute Gasteiger partial charge is 0.231 e. The second kappa shape index (κ2) is 10.4. The van der Waals surface area contributed by atoms with Crippen LogP contribution in [0.2, 0.25) is 0 Å². The molecule has 182 valence electrons. The van der Waals surface area contributed by atoms with Gasteiger partial charge in [0.1, 0.15) is 0 Å². The molecule has 1 N–H and O–H groups in total. The van der Waals surface area contributed by atoms with E-state index < -0.39 is 0 Å². The molecule has 0 aliphatic carbocycles. The van der Waals surface area contributed by atoms with Gasteiger partial charge in [0, 0.05) is 38.4 Å². The molecule has 7 heteroatoms. The number of rotatable bonds is 7. The van der Waals surface area contributed by atoms with Gasteiger partial charge in [-0.2, -0.15) is 0 Å². The van der Waals surface area contributed by atoms with Gasteiger partial charge in [0.15, 0.2) is 11.5 Å². The molecule has 1 unspecified atom stereocenters. The van der Waals surface area contributed by atoms with Crippen LogP contribution in [0.4, 0.5) is 5.69 Å². The molecule has 3 aromatic rings. The summed E-state index contributed by atoms with van der Waals surface area (Å²) in [5.41, 5.74) is 4.24. The van der Waals surface area contributed by atoms with E-state index in [1.54, 1.807) is 6.20 Å². The fourth-order valence-electron chi connectivity index (χ4n) is 4.74. The summed E-state index contributed by atoms with van der Waals surface area (Å²) in [6.45, 7) is 2.95. The number of nitrogens with one attached hydrogen (secondary N) is 1. The third-order valence-electron chi connectivity index (χ3n) is 6.82. The standard InChI is InChI=1S/C28H32N4O3/c1-31(2)23-9-6-20(7-10-23)18-32-15-12-21(13-16-32)28(33)30-27(24-5-3-4-14-29-24)22-8-11-25-26(17-22)35-19-34-25/h3-11,14,17,21,27H,12-13,15-16,18-19H2,1-2H3,(H,30,33). The Kier molecular flexibility index (Phi) is 6.86. The number of benzene rings is 2. The lowest BCUT2D eigenvalue weighted by Crippen LogP contribution is -2.41. The van der Waals surface area contributed by atoms with Crippen LogP contribution in [0.3, 0.4) is 0 Å². The predicted molar refractivity (Wildman–Crippen MR) is 136 cm³/mol. The van der Waals surface area contributed by atoms with Crippen molar-refractivity contribution >= 4 is 11.6 Å². The van der Waals surface area contributed by atoms with Gasteiger partial charge >= 0.3 is 0 Å². The van der Waals surface area contributed by atoms with Crippen LogP contribution in [0, 0.1) is 5.92 Å². The Labute approximate surface area is 206 Å². The average molecular weight is 473 g/mol. The number of ether oxygens (including phenoxy) is 2. The third kappa shape index (κ3) is 5.41. The molecule has 2 aromatic carbocycles. The van der Waals surface area contributed by atoms with E-state index in [4.69, 9.17) is 9.47 Å². The zero-order valence-corrected chi connectivity index (χ0v) is 20.3. The van der Waals surface area contributed by atoms with Crippen LogP contribution in [0.15, 0.2) is 66.9 Å². The first kappa shape index (κ1) is 23.2. The first-order chi connectivity index (χ1) is 17.1. The molecule has 7 nitrogen and oxygen atoms in total. The maximum Gasteiger partial charge on any atom is 0.231 e. The molecule has 1 amide bonds. The first-order valence-corrected chi connectivity index (χ1v) is 12.2. The number of hydrogen-bond acceptors (Lipinski definition) is 6. The normalized spacial score (nSPS) is 16.6. The molecule has 1 atom stereocenters. The Balaban J connectivity index is 1.22. The lowest BCUT2D eigenvalue weighted by atomic mass is 9.94. The summed E-state index contributed by atoms with van der Waals surface area (Å²) in [6.07, 6.45) is 3.44. The van der Waals surface area contributed by atoms with E-state index in [2.05, 4.69) is 58.5 Å². The summed E-state index contributed by atoms with van der Waals surface area (Å²) >= 11 is 0. The summed E-state index contributed by atoms with van der Waals surface area (Å²) in [5, 5.41) is 3.27. The first-order valence-electron chi connectivity index (χ1n) is 12.2. The van der Waals surface area contributed by atoms with Gasteiger partial charge in [0.05, 0.1) is 11.7 Å². The number of likely N-dealkylation sites (tertiary alicyclic amines) is 1. The molecule has 0 saturated carbocycles. The highest BCUT2D eigenvalue weighted by molar-refractivity contribution is 5.79. The second-order valence-corrected chi connectivity index (χ2v) is 9.42. The van der Waals surface area contributed by atoms with E-state index in [0.717, 1.165) is 49.5 Å². The van der Waals surface area contributed by atoms with E-state index in [1.165, 1.54) is 11.3 Å². The minimum atomic E-state index is -0.341. The van der Waals surface area contributed by atoms with Gasteiger partial charge < -0.3 is 19.7 Å². The number of piperidine rings is 1. The van der Waals surface area contributed by atoms with Crippen molar-refractivity contribution in [1.29, 1.82) is 0 Å². The Morgan fingerprint density at radius 1 is 1.06 bits per heavy atom. The molecule has 35 heavy (non-hydrogen) atoms. The number of anilines is 1. The van der Waals surface area contributed by atoms with Crippen molar-refractivity contribution in [3.63, 3.8) is 0 Å². The predicted octanol–water partition coefficient (Wildman–Crippen LogP) is 3.99. The molecule has 1 aromatic heterocycles. The highest BCUT2D eigenvalue weighted by atomic mass is 16.7. The van der Waals surface area contributed by atoms with Crippen molar-refractivity contribution in [3.8, 4) is 11.5 Å². The van der Waals surface area contributed by atoms with Crippen molar-refractivity contribution in [2.75, 3.05) is 38.9 Å². The Morgan fingerprint density at radius 2 is 1.83 bits per heavy atom. The Bertz CT molecular complexity index is 1140. The lowest BCUT2D eigenvalue weighted by Gasteiger charge is -2.32. The summed E-state index contributed by atoms with van der Waals surface area (Å²) in [6, 6.07) is 19.9. The molecule has 3 heterocycles. The van der Waals surface area contributed by atoms with E-state index in [1.807, 2.05) is 36.4 Å². The number of fused-ring (bicyclic) bond motifs is 1. The topological polar surface area (TPSA) is 66.9 Å². The van der Waals surface area contributed by atoms with E-state index in [-0.39, 0.29) is 24.7 Å². The second-order valence-electron chi connectivity index (χ2n) is 9.42. The number of amides is 1. The van der Waals surface area contributed by atoms with Gasteiger partial charge in [-0.05, 0) is 73.5 Å². The van der Waals surface area contributed by atoms with Crippen LogP contribution < -0.4 is 19.7 Å². The van der Waals surface area contributed by atoms with Crippen LogP contribution in [0.25, 0.3) is 0 Å². The number of carbonyl (C=O) groups is 1. The number of aromatic nitrogens is 1. The van der Waals surface area contributed by atoms with Crippen molar-refractivity contribution < 1.29 is 14.3 Å². The Morgan fingerprint density at radius 3 is 2.54 bits per heavy atom. The van der Waals surface area contributed by atoms with Crippen LogP contribution in [-0.4, -0.2) is 49.8 Å². The van der Waals surface area contributed by atoms with E-state index in [9.17, 15) is 4.79 Å². The molecular formula is C28H32N4O3. The van der Waals surface area contributed by atoms with Crippen molar-refractivity contribution in [1.82, 2.24) is 15.2 Å². The molecule has 1 fully saturated rings. The van der Waals surface area contributed by atoms with Gasteiger partial charge in [0.2, 0.25) is 12.7 Å². The van der Waals surface area contributed by atoms with Gasteiger partial charge in [0.25, 0.3) is 0 Å². The lowest BCUT2D eigenvalue weighted by molar-refractivity contribution is -0.127. The molecule has 2 aliphatic heterocycles. The average Bonchev–Trinajstić information content (AvgIpc) is 3.36. The number of nitrogens with zero attached hydrogens (tertiary/aromatic N) is 3. The maximum absolute atomic E-state index is 13.3. The number of pyridine rings is 1. The Hall–Kier alpha value is -3.58. The minimum absolute atomic E-state index is 0.0115. The highest BCUT2D eigenvalue weighted by Crippen LogP contribution is 2.35. The molecule has 0 bridgehead atoms. The van der Waals surface area contributed by atoms with Crippen molar-refractivity contribution in [3.05, 3.63) is 83.7 Å². The maximum atomic E-state index is 13.3. The zero-order chi connectivity index (χ0) is 24.2. The largest absolute Gasteiger partial charge is 0.454 e. The van der Waals surface area contributed by atoms with Crippen LogP contribution in [-0.2, 0) is 11.3 Å². The van der Waals surface area contributed by atoms with Gasteiger partial charge in [-0.1, -0.05) is 24.3 Å². The van der Waals surface area contributed by atoms with Gasteiger partial charge in [-0.3, -0.25) is 14.7 Å². The fourth-order valence-corrected chi connectivity index (χ4v) is 4.74. The summed E-state index contributed by atoms with van der Waals surface area (Å²) in [7, 11) is 4.10. The minimum Gasteiger partial charge on any atom is -0.454 e. The summed E-state index contributed by atoms with van der Waals surface area (Å²) in [4.78, 5) is 22.4. The molecule has 5 rings (SSSR count). The molecule has 1 saturated heterocycles. The van der Waals surface area contributed by atoms with Crippen LogP contribution >= 0.6 is 0 Å². The molecular weight excluding hydrogens is 440 g/mol. The molecule has 0 spiro atoms. The summed E-state index contributed by atoms with van der Waals surface area (Å²) < 4.78 is 11.0. The van der Waals surface area contributed by atoms with Crippen molar-refractivity contribution in [2.45, 2.75) is 25.4 Å². The van der Waals surface area contributed by atoms with Crippen LogP contribution in [0.1, 0.15) is 35.7 Å². The quantitative estimate of drug-likeness (QED) is 0.561. The summed E-state index contributed by atoms with van der Waals surface area (Å²) in [5.74, 6) is 1.49. The monoisotopic (exact) mass is 472 g/mol. The van der Waals surface area contributed by atoms with E-state index >= 15 is 0 Å². The van der Waals surface area contributed by atoms with Crippen molar-refractivity contribution in [2.24, 2.45) is 5.92 Å². The number of hydrogen-bond donors (Lipinski definition) is 1. The third-order valence-corrected chi connectivity index (χ3v) is 6.82. The SMILES string of the molecule is CN(C)c1ccc(CN2CCC(C(=O)NC(c3ccc4c(c3)OCO4)c3ccccn3)CC2)cc1. The highest BCUT2D eigenvalue weighted by Gasteiger charge is 2.28. The van der Waals surface area contributed by atoms with E-state index in [0.29, 0.717) is 5.75 Å².